The molecule has 2 amide bonds. The Hall–Kier alpha value is -2.02. The minimum atomic E-state index is -1.04. The summed E-state index contributed by atoms with van der Waals surface area (Å²) < 4.78 is 5.01. The number of carboxylic acids is 1. The van der Waals surface area contributed by atoms with E-state index < -0.39 is 12.6 Å². The number of aliphatic carboxylic acids is 1. The van der Waals surface area contributed by atoms with Gasteiger partial charge in [0.15, 0.2) is 6.61 Å². The van der Waals surface area contributed by atoms with Crippen molar-refractivity contribution in [2.45, 2.75) is 11.7 Å². The minimum Gasteiger partial charge on any atom is -0.482 e. The van der Waals surface area contributed by atoms with E-state index in [1.54, 1.807) is 30.5 Å². The van der Waals surface area contributed by atoms with Gasteiger partial charge in [0.1, 0.15) is 5.75 Å². The van der Waals surface area contributed by atoms with Crippen LogP contribution >= 0.6 is 11.8 Å². The lowest BCUT2D eigenvalue weighted by Gasteiger charge is -2.12. The molecule has 1 rings (SSSR count). The van der Waals surface area contributed by atoms with Gasteiger partial charge in [-0.25, -0.2) is 4.79 Å². The Labute approximate surface area is 120 Å². The summed E-state index contributed by atoms with van der Waals surface area (Å²) in [6, 6.07) is 6.81. The quantitative estimate of drug-likeness (QED) is 0.686. The van der Waals surface area contributed by atoms with Crippen molar-refractivity contribution in [2.24, 2.45) is 0 Å². The van der Waals surface area contributed by atoms with Crippen LogP contribution in [0.2, 0.25) is 0 Å². The second kappa shape index (κ2) is 8.21. The van der Waals surface area contributed by atoms with Crippen LogP contribution in [0.4, 0.5) is 0 Å². The highest BCUT2D eigenvalue weighted by Gasteiger charge is 2.17. The molecule has 6 nitrogen and oxygen atoms in total. The number of amides is 2. The minimum absolute atomic E-state index is 0.335. The van der Waals surface area contributed by atoms with E-state index in [0.717, 1.165) is 5.56 Å². The van der Waals surface area contributed by atoms with Gasteiger partial charge in [0.25, 0.3) is 0 Å². The average molecular weight is 297 g/mol. The van der Waals surface area contributed by atoms with Gasteiger partial charge < -0.3 is 9.84 Å². The molecule has 0 aromatic heterocycles. The van der Waals surface area contributed by atoms with Gasteiger partial charge >= 0.3 is 5.97 Å². The molecule has 0 bridgehead atoms. The van der Waals surface area contributed by atoms with Crippen LogP contribution in [-0.2, 0) is 20.8 Å². The Morgan fingerprint density at radius 2 is 2.05 bits per heavy atom. The van der Waals surface area contributed by atoms with Crippen LogP contribution < -0.4 is 10.1 Å². The number of imide groups is 1. The molecule has 1 aromatic carbocycles. The molecular weight excluding hydrogens is 282 g/mol. The maximum Gasteiger partial charge on any atom is 0.341 e. The van der Waals surface area contributed by atoms with Gasteiger partial charge in [0.05, 0.1) is 5.25 Å². The standard InChI is InChI=1S/C13H15NO5S/c1-20-11(13(18)14-8-15)6-9-2-4-10(5-3-9)19-7-12(16)17/h2-5,8,11H,6-7H2,1H3,(H,16,17)(H,14,15,18). The van der Waals surface area contributed by atoms with Gasteiger partial charge in [-0.05, 0) is 30.4 Å². The van der Waals surface area contributed by atoms with Crippen LogP contribution in [-0.4, -0.2) is 41.5 Å². The smallest absolute Gasteiger partial charge is 0.341 e. The Bertz CT molecular complexity index is 474. The van der Waals surface area contributed by atoms with E-state index in [2.05, 4.69) is 5.32 Å². The summed E-state index contributed by atoms with van der Waals surface area (Å²) in [5, 5.41) is 10.3. The fraction of sp³-hybridized carbons (Fsp3) is 0.308. The molecular formula is C13H15NO5S. The zero-order valence-corrected chi connectivity index (χ0v) is 11.7. The summed E-state index contributed by atoms with van der Waals surface area (Å²) in [5.41, 5.74) is 0.896. The van der Waals surface area contributed by atoms with E-state index in [1.165, 1.54) is 11.8 Å². The predicted octanol–water partition coefficient (Wildman–Crippen LogP) is 0.697. The van der Waals surface area contributed by atoms with Crippen molar-refractivity contribution in [2.75, 3.05) is 12.9 Å². The van der Waals surface area contributed by atoms with Gasteiger partial charge in [-0.2, -0.15) is 11.8 Å². The van der Waals surface area contributed by atoms with Crippen LogP contribution in [0.25, 0.3) is 0 Å². The predicted molar refractivity (Wildman–Crippen MR) is 74.8 cm³/mol. The third-order valence-corrected chi connectivity index (χ3v) is 3.43. The van der Waals surface area contributed by atoms with Crippen LogP contribution in [0.1, 0.15) is 5.56 Å². The van der Waals surface area contributed by atoms with E-state index in [0.29, 0.717) is 18.6 Å². The lowest BCUT2D eigenvalue weighted by molar-refractivity contribution is -0.139. The van der Waals surface area contributed by atoms with Gasteiger partial charge in [-0.15, -0.1) is 0 Å². The fourth-order valence-electron chi connectivity index (χ4n) is 1.52. The number of hydrogen-bond acceptors (Lipinski definition) is 5. The maximum absolute atomic E-state index is 11.6. The van der Waals surface area contributed by atoms with Crippen LogP contribution in [0.15, 0.2) is 24.3 Å². The molecule has 0 saturated carbocycles. The Morgan fingerprint density at radius 3 is 2.55 bits per heavy atom. The second-order valence-electron chi connectivity index (χ2n) is 3.88. The van der Waals surface area contributed by atoms with E-state index in [4.69, 9.17) is 9.84 Å². The second-order valence-corrected chi connectivity index (χ2v) is 4.92. The lowest BCUT2D eigenvalue weighted by Crippen LogP contribution is -2.32. The van der Waals surface area contributed by atoms with Gasteiger partial charge in [0.2, 0.25) is 12.3 Å². The number of carbonyl (C=O) groups is 3. The first-order valence-electron chi connectivity index (χ1n) is 5.77. The molecule has 1 unspecified atom stereocenters. The molecule has 0 radical (unpaired) electrons. The first-order chi connectivity index (χ1) is 9.56. The number of ether oxygens (including phenoxy) is 1. The van der Waals surface area contributed by atoms with Gasteiger partial charge in [0, 0.05) is 0 Å². The van der Waals surface area contributed by atoms with E-state index in [-0.39, 0.29) is 11.2 Å². The molecule has 1 aromatic rings. The molecule has 0 spiro atoms. The van der Waals surface area contributed by atoms with Crippen molar-refractivity contribution in [3.8, 4) is 5.75 Å². The fourth-order valence-corrected chi connectivity index (χ4v) is 2.16. The zero-order chi connectivity index (χ0) is 15.0. The summed E-state index contributed by atoms with van der Waals surface area (Å²) >= 11 is 1.35. The Morgan fingerprint density at radius 1 is 1.40 bits per heavy atom. The Balaban J connectivity index is 2.61. The first-order valence-corrected chi connectivity index (χ1v) is 7.06. The van der Waals surface area contributed by atoms with Crippen LogP contribution in [0, 0.1) is 0 Å². The van der Waals surface area contributed by atoms with E-state index in [9.17, 15) is 14.4 Å². The first kappa shape index (κ1) is 16.0. The molecule has 0 saturated heterocycles. The third-order valence-electron chi connectivity index (χ3n) is 2.48. The number of thioether (sulfide) groups is 1. The lowest BCUT2D eigenvalue weighted by atomic mass is 10.1. The van der Waals surface area contributed by atoms with Crippen molar-refractivity contribution in [1.82, 2.24) is 5.32 Å². The van der Waals surface area contributed by atoms with Crippen molar-refractivity contribution < 1.29 is 24.2 Å². The molecule has 7 heteroatoms. The van der Waals surface area contributed by atoms with Crippen molar-refractivity contribution >= 4 is 30.0 Å². The molecule has 0 aliphatic heterocycles. The summed E-state index contributed by atoms with van der Waals surface area (Å²) in [6.45, 7) is -0.394. The summed E-state index contributed by atoms with van der Waals surface area (Å²) in [4.78, 5) is 32.2. The highest BCUT2D eigenvalue weighted by atomic mass is 32.2. The van der Waals surface area contributed by atoms with Gasteiger partial charge in [-0.3, -0.25) is 14.9 Å². The average Bonchev–Trinajstić information content (AvgIpc) is 2.44. The SMILES string of the molecule is CSC(Cc1ccc(OCC(=O)O)cc1)C(=O)NC=O. The Kier molecular flexibility index (Phi) is 6.58. The number of benzene rings is 1. The summed E-state index contributed by atoms with van der Waals surface area (Å²) in [5.74, 6) is -0.921. The number of hydrogen-bond donors (Lipinski definition) is 2. The molecule has 0 fully saturated rings. The van der Waals surface area contributed by atoms with Crippen molar-refractivity contribution in [3.05, 3.63) is 29.8 Å². The third kappa shape index (κ3) is 5.31. The molecule has 2 N–H and O–H groups in total. The van der Waals surface area contributed by atoms with Crippen LogP contribution in [0.5, 0.6) is 5.75 Å². The monoisotopic (exact) mass is 297 g/mol. The highest BCUT2D eigenvalue weighted by molar-refractivity contribution is 7.99. The largest absolute Gasteiger partial charge is 0.482 e. The number of carboxylic acid groups (broad SMARTS) is 1. The topological polar surface area (TPSA) is 92.7 Å². The highest BCUT2D eigenvalue weighted by Crippen LogP contribution is 2.17. The van der Waals surface area contributed by atoms with E-state index in [1.807, 2.05) is 0 Å². The molecule has 20 heavy (non-hydrogen) atoms. The molecule has 0 heterocycles. The molecule has 108 valence electrons. The summed E-state index contributed by atoms with van der Waals surface area (Å²) in [6.07, 6.45) is 2.63. The molecule has 1 atom stereocenters. The summed E-state index contributed by atoms with van der Waals surface area (Å²) in [7, 11) is 0. The number of nitrogens with one attached hydrogen (secondary N) is 1. The van der Waals surface area contributed by atoms with Gasteiger partial charge in [-0.1, -0.05) is 12.1 Å². The van der Waals surface area contributed by atoms with Crippen LogP contribution in [0.3, 0.4) is 0 Å². The maximum atomic E-state index is 11.6. The zero-order valence-electron chi connectivity index (χ0n) is 10.9. The van der Waals surface area contributed by atoms with Crippen molar-refractivity contribution in [3.63, 3.8) is 0 Å². The number of carbonyl (C=O) groups excluding carboxylic acids is 2. The van der Waals surface area contributed by atoms with E-state index >= 15 is 0 Å². The normalized spacial score (nSPS) is 11.4. The number of rotatable bonds is 8. The van der Waals surface area contributed by atoms with Crippen molar-refractivity contribution in [1.29, 1.82) is 0 Å². The molecule has 0 aliphatic carbocycles. The molecule has 0 aliphatic rings.